The Balaban J connectivity index is 1.77. The van der Waals surface area contributed by atoms with Gasteiger partial charge in [-0.2, -0.15) is 0 Å². The number of nitrogens with zero attached hydrogens (tertiary/aromatic N) is 1. The van der Waals surface area contributed by atoms with Gasteiger partial charge in [0.05, 0.1) is 23.8 Å². The first-order valence-corrected chi connectivity index (χ1v) is 12.1. The summed E-state index contributed by atoms with van der Waals surface area (Å²) in [6, 6.07) is 13.8. The average molecular weight is 464 g/mol. The molecule has 2 fully saturated rings. The van der Waals surface area contributed by atoms with Gasteiger partial charge < -0.3 is 19.5 Å². The number of hydrogen-bond donors (Lipinski definition) is 1. The molecular weight excluding hydrogens is 430 g/mol. The first-order valence-electron chi connectivity index (χ1n) is 12.1. The van der Waals surface area contributed by atoms with Crippen LogP contribution in [0.2, 0.25) is 0 Å². The first kappa shape index (κ1) is 23.9. The SMILES string of the molecule is CC(C)Oc1ccc(/C(O)=C2/C(=O)C(=O)N(C3CCCC3)C2c2ccc(OC(C)C)cc2)cc1. The second-order valence-electron chi connectivity index (χ2n) is 9.57. The third kappa shape index (κ3) is 4.81. The van der Waals surface area contributed by atoms with Gasteiger partial charge >= 0.3 is 0 Å². The lowest BCUT2D eigenvalue weighted by Crippen LogP contribution is -2.37. The second-order valence-corrected chi connectivity index (χ2v) is 9.57. The lowest BCUT2D eigenvalue weighted by Gasteiger charge is -2.31. The number of ether oxygens (including phenoxy) is 2. The van der Waals surface area contributed by atoms with Crippen LogP contribution in [0.5, 0.6) is 11.5 Å². The zero-order valence-corrected chi connectivity index (χ0v) is 20.3. The van der Waals surface area contributed by atoms with Crippen LogP contribution in [0.4, 0.5) is 0 Å². The van der Waals surface area contributed by atoms with Crippen LogP contribution in [0.1, 0.15) is 70.5 Å². The predicted molar refractivity (Wildman–Crippen MR) is 131 cm³/mol. The van der Waals surface area contributed by atoms with Crippen molar-refractivity contribution in [3.63, 3.8) is 0 Å². The Bertz CT molecular complexity index is 1060. The fourth-order valence-corrected chi connectivity index (χ4v) is 4.86. The Hall–Kier alpha value is -3.28. The molecule has 1 N–H and O–H groups in total. The molecule has 1 unspecified atom stereocenters. The molecule has 2 aromatic carbocycles. The monoisotopic (exact) mass is 463 g/mol. The molecule has 0 spiro atoms. The van der Waals surface area contributed by atoms with Crippen LogP contribution in [-0.2, 0) is 9.59 Å². The molecule has 34 heavy (non-hydrogen) atoms. The van der Waals surface area contributed by atoms with Gasteiger partial charge in [-0.1, -0.05) is 25.0 Å². The van der Waals surface area contributed by atoms with Gasteiger partial charge in [0, 0.05) is 11.6 Å². The topological polar surface area (TPSA) is 76.1 Å². The molecular formula is C28H33NO5. The largest absolute Gasteiger partial charge is 0.507 e. The van der Waals surface area contributed by atoms with E-state index in [4.69, 9.17) is 9.47 Å². The summed E-state index contributed by atoms with van der Waals surface area (Å²) in [4.78, 5) is 28.1. The maximum absolute atomic E-state index is 13.2. The summed E-state index contributed by atoms with van der Waals surface area (Å²) in [6.45, 7) is 7.80. The van der Waals surface area contributed by atoms with Crippen LogP contribution in [0.25, 0.3) is 5.76 Å². The summed E-state index contributed by atoms with van der Waals surface area (Å²) in [5, 5.41) is 11.3. The van der Waals surface area contributed by atoms with E-state index in [9.17, 15) is 14.7 Å². The highest BCUT2D eigenvalue weighted by Crippen LogP contribution is 2.43. The average Bonchev–Trinajstić information content (AvgIpc) is 3.40. The smallest absolute Gasteiger partial charge is 0.295 e. The van der Waals surface area contributed by atoms with E-state index in [-0.39, 0.29) is 29.6 Å². The molecule has 180 valence electrons. The van der Waals surface area contributed by atoms with Crippen LogP contribution in [-0.4, -0.2) is 39.9 Å². The minimum absolute atomic E-state index is 0.0137. The highest BCUT2D eigenvalue weighted by atomic mass is 16.5. The highest BCUT2D eigenvalue weighted by molar-refractivity contribution is 6.46. The fourth-order valence-electron chi connectivity index (χ4n) is 4.86. The van der Waals surface area contributed by atoms with Crippen LogP contribution in [0.15, 0.2) is 54.1 Å². The standard InChI is InChI=1S/C28H33NO5/c1-17(2)33-22-13-9-19(10-14-22)25-24(27(31)28(32)29(25)21-7-5-6-8-21)26(30)20-11-15-23(16-12-20)34-18(3)4/h9-18,21,25,30H,5-8H2,1-4H3/b26-24-. The minimum Gasteiger partial charge on any atom is -0.507 e. The normalized spacial score (nSPS) is 20.5. The van der Waals surface area contributed by atoms with Crippen LogP contribution in [0, 0.1) is 0 Å². The minimum atomic E-state index is -0.639. The molecule has 0 radical (unpaired) electrons. The molecule has 1 heterocycles. The van der Waals surface area contributed by atoms with E-state index >= 15 is 0 Å². The summed E-state index contributed by atoms with van der Waals surface area (Å²) in [7, 11) is 0. The summed E-state index contributed by atoms with van der Waals surface area (Å²) in [5.74, 6) is 0.0511. The van der Waals surface area contributed by atoms with Gasteiger partial charge in [-0.05, 0) is 82.5 Å². The molecule has 2 aliphatic rings. The van der Waals surface area contributed by atoms with Crippen molar-refractivity contribution in [1.82, 2.24) is 4.90 Å². The Morgan fingerprint density at radius 2 is 1.35 bits per heavy atom. The molecule has 6 heteroatoms. The number of Topliss-reactive ketones (excluding diaryl/α,β-unsaturated/α-hetero) is 1. The number of benzene rings is 2. The zero-order valence-electron chi connectivity index (χ0n) is 20.3. The molecule has 1 aliphatic heterocycles. The molecule has 1 atom stereocenters. The van der Waals surface area contributed by atoms with Crippen molar-refractivity contribution in [3.05, 3.63) is 65.2 Å². The number of rotatable bonds is 7. The first-order chi connectivity index (χ1) is 16.3. The molecule has 2 aromatic rings. The Morgan fingerprint density at radius 3 is 1.85 bits per heavy atom. The van der Waals surface area contributed by atoms with Crippen molar-refractivity contribution in [1.29, 1.82) is 0 Å². The summed E-state index contributed by atoms with van der Waals surface area (Å²) in [6.07, 6.45) is 3.84. The summed E-state index contributed by atoms with van der Waals surface area (Å²) in [5.41, 5.74) is 1.39. The lowest BCUT2D eigenvalue weighted by molar-refractivity contribution is -0.141. The Labute approximate surface area is 201 Å². The number of carbonyl (C=O) groups is 2. The van der Waals surface area contributed by atoms with E-state index in [2.05, 4.69) is 0 Å². The number of aliphatic hydroxyl groups is 1. The van der Waals surface area contributed by atoms with Gasteiger partial charge in [-0.15, -0.1) is 0 Å². The van der Waals surface area contributed by atoms with Crippen molar-refractivity contribution in [3.8, 4) is 11.5 Å². The third-order valence-electron chi connectivity index (χ3n) is 6.27. The van der Waals surface area contributed by atoms with Crippen molar-refractivity contribution < 1.29 is 24.2 Å². The van der Waals surface area contributed by atoms with Crippen molar-refractivity contribution in [2.24, 2.45) is 0 Å². The molecule has 1 amide bonds. The van der Waals surface area contributed by atoms with Crippen molar-refractivity contribution in [2.45, 2.75) is 77.7 Å². The van der Waals surface area contributed by atoms with Crippen LogP contribution >= 0.6 is 0 Å². The summed E-state index contributed by atoms with van der Waals surface area (Å²) >= 11 is 0. The quantitative estimate of drug-likeness (QED) is 0.327. The molecule has 6 nitrogen and oxygen atoms in total. The molecule has 1 aliphatic carbocycles. The summed E-state index contributed by atoms with van der Waals surface area (Å²) < 4.78 is 11.4. The maximum atomic E-state index is 13.2. The van der Waals surface area contributed by atoms with Crippen LogP contribution in [0.3, 0.4) is 0 Å². The molecule has 4 rings (SSSR count). The number of hydrogen-bond acceptors (Lipinski definition) is 5. The third-order valence-corrected chi connectivity index (χ3v) is 6.27. The highest BCUT2D eigenvalue weighted by Gasteiger charge is 2.49. The Kier molecular flexibility index (Phi) is 6.96. The number of amides is 1. The van der Waals surface area contributed by atoms with Gasteiger partial charge in [0.1, 0.15) is 17.3 Å². The van der Waals surface area contributed by atoms with Gasteiger partial charge in [0.25, 0.3) is 11.7 Å². The Morgan fingerprint density at radius 1 is 0.853 bits per heavy atom. The molecule has 0 bridgehead atoms. The number of aliphatic hydroxyl groups excluding tert-OH is 1. The van der Waals surface area contributed by atoms with Crippen LogP contribution < -0.4 is 9.47 Å². The van der Waals surface area contributed by atoms with E-state index < -0.39 is 17.7 Å². The van der Waals surface area contributed by atoms with Gasteiger partial charge in [-0.25, -0.2) is 0 Å². The number of likely N-dealkylation sites (tertiary alicyclic amines) is 1. The van der Waals surface area contributed by atoms with E-state index in [1.165, 1.54) is 0 Å². The molecule has 1 saturated carbocycles. The van der Waals surface area contributed by atoms with E-state index in [0.717, 1.165) is 37.0 Å². The second kappa shape index (κ2) is 9.92. The lowest BCUT2D eigenvalue weighted by atomic mass is 9.94. The van der Waals surface area contributed by atoms with E-state index in [1.807, 2.05) is 52.0 Å². The van der Waals surface area contributed by atoms with Gasteiger partial charge in [-0.3, -0.25) is 9.59 Å². The number of ketones is 1. The van der Waals surface area contributed by atoms with Crippen molar-refractivity contribution in [2.75, 3.05) is 0 Å². The fraction of sp³-hybridized carbons (Fsp3) is 0.429. The van der Waals surface area contributed by atoms with Crippen molar-refractivity contribution >= 4 is 17.4 Å². The van der Waals surface area contributed by atoms with E-state index in [1.54, 1.807) is 29.2 Å². The molecule has 0 aromatic heterocycles. The van der Waals surface area contributed by atoms with Gasteiger partial charge in [0.15, 0.2) is 0 Å². The zero-order chi connectivity index (χ0) is 24.4. The predicted octanol–water partition coefficient (Wildman–Crippen LogP) is 5.63. The van der Waals surface area contributed by atoms with Gasteiger partial charge in [0.2, 0.25) is 0 Å². The molecule has 1 saturated heterocycles. The van der Waals surface area contributed by atoms with E-state index in [0.29, 0.717) is 11.3 Å². The number of carbonyl (C=O) groups excluding carboxylic acids is 2. The maximum Gasteiger partial charge on any atom is 0.295 e.